The number of carbonyl (C=O) groups excluding carboxylic acids is 2. The number of hydrogen-bond donors (Lipinski definition) is 3. The highest BCUT2D eigenvalue weighted by atomic mass is 32.2. The van der Waals surface area contributed by atoms with Gasteiger partial charge in [0.25, 0.3) is 5.56 Å². The molecular weight excluding hydrogens is 435 g/mol. The maximum absolute atomic E-state index is 13.8. The number of rotatable bonds is 6. The minimum absolute atomic E-state index is 0.0379. The molecule has 10 heteroatoms. The molecule has 8 nitrogen and oxygen atoms in total. The number of aromatic nitrogens is 2. The number of methoxy groups -OCH3 is 1. The van der Waals surface area contributed by atoms with E-state index < -0.39 is 23.3 Å². The molecule has 0 bridgehead atoms. The minimum Gasteiger partial charge on any atom is -0.497 e. The predicted octanol–water partition coefficient (Wildman–Crippen LogP) is 3.27. The van der Waals surface area contributed by atoms with Gasteiger partial charge in [0.15, 0.2) is 5.16 Å². The zero-order valence-corrected chi connectivity index (χ0v) is 17.8. The molecule has 0 spiro atoms. The van der Waals surface area contributed by atoms with Crippen molar-refractivity contribution in [3.05, 3.63) is 75.8 Å². The Morgan fingerprint density at radius 2 is 1.97 bits per heavy atom. The second-order valence-electron chi connectivity index (χ2n) is 7.04. The van der Waals surface area contributed by atoms with E-state index in [-0.39, 0.29) is 34.5 Å². The van der Waals surface area contributed by atoms with Crippen LogP contribution < -0.4 is 20.9 Å². The van der Waals surface area contributed by atoms with Crippen LogP contribution in [-0.2, 0) is 15.3 Å². The fourth-order valence-corrected chi connectivity index (χ4v) is 4.16. The molecule has 1 aliphatic rings. The monoisotopic (exact) mass is 454 g/mol. The molecule has 3 N–H and O–H groups in total. The first-order chi connectivity index (χ1) is 15.4. The molecule has 0 saturated heterocycles. The Hall–Kier alpha value is -3.66. The van der Waals surface area contributed by atoms with Gasteiger partial charge in [-0.15, -0.1) is 0 Å². The van der Waals surface area contributed by atoms with E-state index in [4.69, 9.17) is 4.74 Å². The van der Waals surface area contributed by atoms with Crippen LogP contribution in [0.1, 0.15) is 23.5 Å². The number of hydrogen-bond acceptors (Lipinski definition) is 6. The van der Waals surface area contributed by atoms with Gasteiger partial charge in [0.2, 0.25) is 11.8 Å². The summed E-state index contributed by atoms with van der Waals surface area (Å²) in [6, 6.07) is 13.0. The molecule has 0 saturated carbocycles. The largest absolute Gasteiger partial charge is 0.497 e. The molecule has 3 aromatic rings. The molecule has 0 radical (unpaired) electrons. The van der Waals surface area contributed by atoms with Crippen molar-refractivity contribution >= 4 is 35.1 Å². The van der Waals surface area contributed by atoms with Crippen LogP contribution in [0.3, 0.4) is 0 Å². The lowest BCUT2D eigenvalue weighted by molar-refractivity contribution is -0.123. The highest BCUT2D eigenvalue weighted by Crippen LogP contribution is 2.31. The molecule has 2 amide bonds. The van der Waals surface area contributed by atoms with Gasteiger partial charge in [-0.1, -0.05) is 30.0 Å². The summed E-state index contributed by atoms with van der Waals surface area (Å²) in [5, 5.41) is 5.49. The molecule has 2 aromatic carbocycles. The Labute approximate surface area is 186 Å². The lowest BCUT2D eigenvalue weighted by Crippen LogP contribution is -2.36. The van der Waals surface area contributed by atoms with Gasteiger partial charge in [0.1, 0.15) is 17.4 Å². The normalized spacial score (nSPS) is 14.9. The highest BCUT2D eigenvalue weighted by molar-refractivity contribution is 7.98. The lowest BCUT2D eigenvalue weighted by atomic mass is 9.92. The zero-order valence-electron chi connectivity index (χ0n) is 17.0. The van der Waals surface area contributed by atoms with E-state index >= 15 is 0 Å². The smallest absolute Gasteiger partial charge is 0.257 e. The van der Waals surface area contributed by atoms with Gasteiger partial charge in [-0.05, 0) is 35.9 Å². The third kappa shape index (κ3) is 4.65. The number of aromatic amines is 1. The number of amides is 2. The van der Waals surface area contributed by atoms with Crippen LogP contribution in [0, 0.1) is 5.82 Å². The Morgan fingerprint density at radius 1 is 1.22 bits per heavy atom. The molecule has 164 valence electrons. The van der Waals surface area contributed by atoms with Crippen molar-refractivity contribution in [2.24, 2.45) is 0 Å². The summed E-state index contributed by atoms with van der Waals surface area (Å²) in [4.78, 5) is 44.8. The maximum Gasteiger partial charge on any atom is 0.257 e. The van der Waals surface area contributed by atoms with Crippen LogP contribution in [0.25, 0.3) is 0 Å². The zero-order chi connectivity index (χ0) is 22.7. The summed E-state index contributed by atoms with van der Waals surface area (Å²) >= 11 is 1.12. The lowest BCUT2D eigenvalue weighted by Gasteiger charge is -2.23. The van der Waals surface area contributed by atoms with Crippen LogP contribution in [0.15, 0.2) is 58.5 Å². The van der Waals surface area contributed by atoms with E-state index in [1.165, 1.54) is 13.2 Å². The second-order valence-corrected chi connectivity index (χ2v) is 8.00. The molecule has 1 aromatic heterocycles. The van der Waals surface area contributed by atoms with Crippen molar-refractivity contribution < 1.29 is 18.7 Å². The Bertz CT molecular complexity index is 1230. The molecule has 2 heterocycles. The van der Waals surface area contributed by atoms with E-state index in [1.807, 2.05) is 0 Å². The van der Waals surface area contributed by atoms with Crippen molar-refractivity contribution in [3.63, 3.8) is 0 Å². The fourth-order valence-electron chi connectivity index (χ4n) is 3.31. The number of nitrogens with zero attached hydrogens (tertiary/aromatic N) is 1. The molecule has 0 aliphatic carbocycles. The van der Waals surface area contributed by atoms with Crippen molar-refractivity contribution in [2.45, 2.75) is 23.2 Å². The van der Waals surface area contributed by atoms with Crippen molar-refractivity contribution in [3.8, 4) is 5.75 Å². The van der Waals surface area contributed by atoms with Crippen LogP contribution >= 0.6 is 11.8 Å². The van der Waals surface area contributed by atoms with Gasteiger partial charge >= 0.3 is 0 Å². The molecule has 1 atom stereocenters. The maximum atomic E-state index is 13.8. The van der Waals surface area contributed by atoms with E-state index in [2.05, 4.69) is 20.6 Å². The number of ether oxygens (including phenoxy) is 1. The minimum atomic E-state index is -0.997. The van der Waals surface area contributed by atoms with Gasteiger partial charge in [0.05, 0.1) is 18.6 Å². The standard InChI is InChI=1S/C22H19FN4O4S/c1-31-14-8-6-13(7-9-14)24-20(29)15-10-17(28)25-19-18(15)21(30)27-22(26-19)32-11-12-4-2-3-5-16(12)23/h2-9,15H,10-11H2,1H3,(H,24,29)(H2,25,26,27,28,30)/t15-/m1/s1. The number of halogens is 1. The number of nitrogens with one attached hydrogen (secondary N) is 3. The van der Waals surface area contributed by atoms with Crippen LogP contribution in [0.5, 0.6) is 5.75 Å². The summed E-state index contributed by atoms with van der Waals surface area (Å²) in [7, 11) is 1.54. The van der Waals surface area contributed by atoms with Gasteiger partial charge < -0.3 is 20.4 Å². The summed E-state index contributed by atoms with van der Waals surface area (Å²) < 4.78 is 18.9. The van der Waals surface area contributed by atoms with Crippen molar-refractivity contribution in [2.75, 3.05) is 17.7 Å². The third-order valence-corrected chi connectivity index (χ3v) is 5.85. The number of anilines is 2. The quantitative estimate of drug-likeness (QED) is 0.389. The summed E-state index contributed by atoms with van der Waals surface area (Å²) in [6.45, 7) is 0. The van der Waals surface area contributed by atoms with E-state index in [1.54, 1.807) is 42.5 Å². The Balaban J connectivity index is 1.56. The topological polar surface area (TPSA) is 113 Å². The first-order valence-corrected chi connectivity index (χ1v) is 10.7. The average molecular weight is 454 g/mol. The van der Waals surface area contributed by atoms with Gasteiger partial charge in [-0.25, -0.2) is 9.37 Å². The number of fused-ring (bicyclic) bond motifs is 1. The third-order valence-electron chi connectivity index (χ3n) is 4.93. The highest BCUT2D eigenvalue weighted by Gasteiger charge is 2.34. The summed E-state index contributed by atoms with van der Waals surface area (Å²) in [5.74, 6) is -1.36. The summed E-state index contributed by atoms with van der Waals surface area (Å²) in [6.07, 6.45) is -0.179. The predicted molar refractivity (Wildman–Crippen MR) is 118 cm³/mol. The SMILES string of the molecule is COc1ccc(NC(=O)[C@@H]2CC(=O)Nc3nc(SCc4ccccc4F)[nH]c(=O)c32)cc1. The number of carbonyl (C=O) groups is 2. The molecule has 32 heavy (non-hydrogen) atoms. The van der Waals surface area contributed by atoms with Gasteiger partial charge in [-0.2, -0.15) is 0 Å². The molecule has 1 aliphatic heterocycles. The van der Waals surface area contributed by atoms with Gasteiger partial charge in [-0.3, -0.25) is 14.4 Å². The average Bonchev–Trinajstić information content (AvgIpc) is 2.78. The number of benzene rings is 2. The van der Waals surface area contributed by atoms with Crippen molar-refractivity contribution in [1.82, 2.24) is 9.97 Å². The second kappa shape index (κ2) is 9.23. The van der Waals surface area contributed by atoms with E-state index in [0.29, 0.717) is 17.0 Å². The molecule has 0 fully saturated rings. The van der Waals surface area contributed by atoms with E-state index in [9.17, 15) is 18.8 Å². The fraction of sp³-hybridized carbons (Fsp3) is 0.182. The number of H-pyrrole nitrogens is 1. The van der Waals surface area contributed by atoms with Crippen LogP contribution in [-0.4, -0.2) is 28.9 Å². The molecule has 4 rings (SSSR count). The van der Waals surface area contributed by atoms with Gasteiger partial charge in [0, 0.05) is 17.9 Å². The Morgan fingerprint density at radius 3 is 2.69 bits per heavy atom. The molecule has 0 unspecified atom stereocenters. The Kier molecular flexibility index (Phi) is 6.22. The first kappa shape index (κ1) is 21.6. The molecular formula is C22H19FN4O4S. The van der Waals surface area contributed by atoms with Crippen LogP contribution in [0.4, 0.5) is 15.9 Å². The van der Waals surface area contributed by atoms with E-state index in [0.717, 1.165) is 11.8 Å². The number of thioether (sulfide) groups is 1. The summed E-state index contributed by atoms with van der Waals surface area (Å²) in [5.41, 5.74) is 0.523. The van der Waals surface area contributed by atoms with Crippen molar-refractivity contribution in [1.29, 1.82) is 0 Å². The first-order valence-electron chi connectivity index (χ1n) is 9.70. The van der Waals surface area contributed by atoms with Crippen LogP contribution in [0.2, 0.25) is 0 Å².